The van der Waals surface area contributed by atoms with Crippen molar-refractivity contribution in [1.29, 1.82) is 0 Å². The van der Waals surface area contributed by atoms with Crippen LogP contribution in [0.3, 0.4) is 0 Å². The fourth-order valence-electron chi connectivity index (χ4n) is 10.2. The minimum atomic E-state index is 0.969. The highest BCUT2D eigenvalue weighted by atomic mass is 15.3. The van der Waals surface area contributed by atoms with Gasteiger partial charge in [-0.1, -0.05) is 218 Å². The summed E-state index contributed by atoms with van der Waals surface area (Å²) in [7, 11) is 0. The summed E-state index contributed by atoms with van der Waals surface area (Å²) in [4.78, 5) is 9.73. The van der Waals surface area contributed by atoms with E-state index < -0.39 is 0 Å². The Labute approximate surface area is 446 Å². The van der Waals surface area contributed by atoms with Crippen LogP contribution in [-0.2, 0) is 0 Å². The molecule has 0 N–H and O–H groups in total. The molecule has 76 heavy (non-hydrogen) atoms. The van der Waals surface area contributed by atoms with Crippen LogP contribution in [0.2, 0.25) is 0 Å². The maximum Gasteiger partial charge on any atom is 0.0708 e. The first kappa shape index (κ1) is 46.9. The van der Waals surface area contributed by atoms with Crippen molar-refractivity contribution < 1.29 is 0 Å². The summed E-state index contributed by atoms with van der Waals surface area (Å²) < 4.78 is 0. The fourth-order valence-corrected chi connectivity index (χ4v) is 10.2. The Hall–Kier alpha value is -10.2. The van der Waals surface area contributed by atoms with Gasteiger partial charge in [0.05, 0.1) is 34.1 Å². The Balaban J connectivity index is 1.25. The van der Waals surface area contributed by atoms with E-state index in [1.807, 2.05) is 0 Å². The van der Waals surface area contributed by atoms with Crippen LogP contribution in [0.1, 0.15) is 0 Å². The molecule has 0 saturated heterocycles. The second-order valence-corrected chi connectivity index (χ2v) is 18.6. The van der Waals surface area contributed by atoms with Gasteiger partial charge in [0.15, 0.2) is 0 Å². The van der Waals surface area contributed by atoms with E-state index in [-0.39, 0.29) is 0 Å². The molecule has 0 heterocycles. The van der Waals surface area contributed by atoms with Gasteiger partial charge < -0.3 is 19.6 Å². The van der Waals surface area contributed by atoms with Gasteiger partial charge in [-0.05, 0) is 143 Å². The van der Waals surface area contributed by atoms with Crippen LogP contribution < -0.4 is 19.6 Å². The molecular formula is C72H54N4. The normalized spacial score (nSPS) is 10.9. The first-order valence-electron chi connectivity index (χ1n) is 25.8. The Morgan fingerprint density at radius 2 is 0.316 bits per heavy atom. The number of hydrogen-bond donors (Lipinski definition) is 0. The van der Waals surface area contributed by atoms with E-state index in [0.29, 0.717) is 0 Å². The molecule has 0 fully saturated rings. The molecule has 4 nitrogen and oxygen atoms in total. The second kappa shape index (κ2) is 21.9. The molecule has 0 aromatic heterocycles. The SMILES string of the molecule is c1ccc(-c2ccc(N(c3ccc(-c4ccccc4)cc3N(c3ccccc3)c3ccccc3)c3ccc(-c4ccccc4)cc3N(c3ccccc3)c3ccccc3)c(N(c3ccccc3)c3ccccc3)c2)cc1. The molecule has 0 saturated carbocycles. The number of nitrogens with zero attached hydrogens (tertiary/aromatic N) is 4. The molecule has 0 spiro atoms. The van der Waals surface area contributed by atoms with Gasteiger partial charge in [-0.2, -0.15) is 0 Å². The summed E-state index contributed by atoms with van der Waals surface area (Å²) in [5, 5.41) is 0. The minimum absolute atomic E-state index is 0.969. The number of rotatable bonds is 15. The van der Waals surface area contributed by atoms with Gasteiger partial charge in [0.2, 0.25) is 0 Å². The first-order valence-corrected chi connectivity index (χ1v) is 25.8. The summed E-state index contributed by atoms with van der Waals surface area (Å²) >= 11 is 0. The van der Waals surface area contributed by atoms with Gasteiger partial charge in [-0.3, -0.25) is 0 Å². The third-order valence-electron chi connectivity index (χ3n) is 13.8. The zero-order valence-corrected chi connectivity index (χ0v) is 42.0. The van der Waals surface area contributed by atoms with Crippen LogP contribution in [0.25, 0.3) is 33.4 Å². The molecule has 0 atom stereocenters. The number of para-hydroxylation sites is 6. The molecule has 0 aliphatic rings. The van der Waals surface area contributed by atoms with Crippen LogP contribution in [0, 0.1) is 0 Å². The maximum absolute atomic E-state index is 2.51. The molecule has 0 unspecified atom stereocenters. The van der Waals surface area contributed by atoms with Gasteiger partial charge in [0, 0.05) is 34.1 Å². The highest BCUT2D eigenvalue weighted by Crippen LogP contribution is 2.55. The Morgan fingerprint density at radius 3 is 0.513 bits per heavy atom. The second-order valence-electron chi connectivity index (χ2n) is 18.6. The molecule has 0 amide bonds. The Kier molecular flexibility index (Phi) is 13.5. The van der Waals surface area contributed by atoms with Crippen LogP contribution in [0.4, 0.5) is 68.2 Å². The van der Waals surface area contributed by atoms with Crippen LogP contribution >= 0.6 is 0 Å². The van der Waals surface area contributed by atoms with Crippen molar-refractivity contribution in [2.24, 2.45) is 0 Å². The van der Waals surface area contributed by atoms with E-state index >= 15 is 0 Å². The predicted octanol–water partition coefficient (Wildman–Crippen LogP) is 20.6. The number of anilines is 12. The van der Waals surface area contributed by atoms with E-state index in [1.54, 1.807) is 0 Å². The smallest absolute Gasteiger partial charge is 0.0708 e. The van der Waals surface area contributed by atoms with Crippen molar-refractivity contribution in [2.75, 3.05) is 19.6 Å². The number of benzene rings is 12. The zero-order chi connectivity index (χ0) is 50.9. The van der Waals surface area contributed by atoms with E-state index in [4.69, 9.17) is 0 Å². The molecule has 0 aliphatic carbocycles. The lowest BCUT2D eigenvalue weighted by Gasteiger charge is -2.39. The monoisotopic (exact) mass is 974 g/mol. The average molecular weight is 975 g/mol. The largest absolute Gasteiger partial charge is 0.308 e. The van der Waals surface area contributed by atoms with E-state index in [2.05, 4.69) is 347 Å². The topological polar surface area (TPSA) is 13.0 Å². The van der Waals surface area contributed by atoms with Crippen LogP contribution in [0.5, 0.6) is 0 Å². The summed E-state index contributed by atoms with van der Waals surface area (Å²) in [5.41, 5.74) is 18.8. The van der Waals surface area contributed by atoms with Gasteiger partial charge in [0.1, 0.15) is 0 Å². The molecular weight excluding hydrogens is 921 g/mol. The van der Waals surface area contributed by atoms with Crippen molar-refractivity contribution in [3.8, 4) is 33.4 Å². The maximum atomic E-state index is 2.51. The number of hydrogen-bond acceptors (Lipinski definition) is 4. The molecule has 12 rings (SSSR count). The highest BCUT2D eigenvalue weighted by Gasteiger charge is 2.31. The van der Waals surface area contributed by atoms with Crippen molar-refractivity contribution in [3.63, 3.8) is 0 Å². The van der Waals surface area contributed by atoms with E-state index in [0.717, 1.165) is 102 Å². The lowest BCUT2D eigenvalue weighted by Crippen LogP contribution is -2.22. The van der Waals surface area contributed by atoms with Crippen molar-refractivity contribution >= 4 is 68.2 Å². The third-order valence-corrected chi connectivity index (χ3v) is 13.8. The van der Waals surface area contributed by atoms with Crippen LogP contribution in [0.15, 0.2) is 328 Å². The van der Waals surface area contributed by atoms with Gasteiger partial charge >= 0.3 is 0 Å². The molecule has 12 aromatic carbocycles. The van der Waals surface area contributed by atoms with Crippen molar-refractivity contribution in [1.82, 2.24) is 0 Å². The zero-order valence-electron chi connectivity index (χ0n) is 42.0. The third kappa shape index (κ3) is 9.74. The Morgan fingerprint density at radius 1 is 0.132 bits per heavy atom. The first-order chi connectivity index (χ1) is 37.7. The van der Waals surface area contributed by atoms with Crippen LogP contribution in [-0.4, -0.2) is 0 Å². The lowest BCUT2D eigenvalue weighted by atomic mass is 9.98. The van der Waals surface area contributed by atoms with Gasteiger partial charge in [-0.15, -0.1) is 0 Å². The van der Waals surface area contributed by atoms with Crippen molar-refractivity contribution in [2.45, 2.75) is 0 Å². The van der Waals surface area contributed by atoms with Gasteiger partial charge in [-0.25, -0.2) is 0 Å². The molecule has 4 heteroatoms. The molecule has 0 radical (unpaired) electrons. The quantitative estimate of drug-likeness (QED) is 0.101. The average Bonchev–Trinajstić information content (AvgIpc) is 3.52. The van der Waals surface area contributed by atoms with Crippen molar-refractivity contribution in [3.05, 3.63) is 328 Å². The standard InChI is InChI=1S/C72H54N4/c1-10-28-55(29-11-1)58-46-49-67(70(52-58)73(61-34-16-4-17-35-61)62-36-18-5-19-37-62)76(68-50-47-59(56-30-12-2-13-31-56)53-71(68)74(63-38-20-6-21-39-63)64-40-22-7-23-41-64)69-51-48-60(57-32-14-3-15-33-57)54-72(69)75(65-42-24-8-25-43-65)66-44-26-9-27-45-66/h1-54H. The van der Waals surface area contributed by atoms with E-state index in [1.165, 1.54) is 0 Å². The van der Waals surface area contributed by atoms with E-state index in [9.17, 15) is 0 Å². The lowest BCUT2D eigenvalue weighted by molar-refractivity contribution is 1.19. The summed E-state index contributed by atoms with van der Waals surface area (Å²) in [5.74, 6) is 0. The predicted molar refractivity (Wildman–Crippen MR) is 321 cm³/mol. The minimum Gasteiger partial charge on any atom is -0.308 e. The molecule has 362 valence electrons. The molecule has 0 aliphatic heterocycles. The highest BCUT2D eigenvalue weighted by molar-refractivity contribution is 6.03. The summed E-state index contributed by atoms with van der Waals surface area (Å²) in [6, 6.07) is 118. The van der Waals surface area contributed by atoms with Gasteiger partial charge in [0.25, 0.3) is 0 Å². The summed E-state index contributed by atoms with van der Waals surface area (Å²) in [6.07, 6.45) is 0. The molecule has 12 aromatic rings. The fraction of sp³-hybridized carbons (Fsp3) is 0. The summed E-state index contributed by atoms with van der Waals surface area (Å²) in [6.45, 7) is 0. The molecule has 0 bridgehead atoms. The Bertz CT molecular complexity index is 3270.